The average molecular weight is 745 g/mol. The molecule has 57 heavy (non-hydrogen) atoms. The van der Waals surface area contributed by atoms with Gasteiger partial charge in [-0.25, -0.2) is 9.97 Å². The first-order valence-electron chi connectivity index (χ1n) is 19.2. The van der Waals surface area contributed by atoms with Gasteiger partial charge in [-0.2, -0.15) is 0 Å². The van der Waals surface area contributed by atoms with Crippen molar-refractivity contribution in [2.75, 3.05) is 0 Å². The lowest BCUT2D eigenvalue weighted by Gasteiger charge is -2.12. The Labute approximate surface area is 332 Å². The van der Waals surface area contributed by atoms with E-state index in [0.717, 1.165) is 61.2 Å². The molecule has 12 aromatic rings. The Balaban J connectivity index is 1.14. The number of para-hydroxylation sites is 3. The van der Waals surface area contributed by atoms with Crippen LogP contribution in [0.3, 0.4) is 0 Å². The van der Waals surface area contributed by atoms with Crippen molar-refractivity contribution in [1.29, 1.82) is 0 Å². The summed E-state index contributed by atoms with van der Waals surface area (Å²) < 4.78 is 7.30. The second-order valence-electron chi connectivity index (χ2n) is 14.6. The highest BCUT2D eigenvalue weighted by Gasteiger charge is 2.23. The third-order valence-electron chi connectivity index (χ3n) is 11.3. The monoisotopic (exact) mass is 744 g/mol. The molecular weight excluding hydrogens is 713 g/mol. The van der Waals surface area contributed by atoms with Crippen molar-refractivity contribution < 1.29 is 0 Å². The molecule has 4 heterocycles. The molecule has 0 saturated heterocycles. The summed E-state index contributed by atoms with van der Waals surface area (Å²) in [6.07, 6.45) is 0. The molecule has 0 amide bonds. The van der Waals surface area contributed by atoms with Crippen LogP contribution in [0, 0.1) is 0 Å². The quantitative estimate of drug-likeness (QED) is 0.176. The molecule has 0 aliphatic rings. The third-order valence-corrected chi connectivity index (χ3v) is 12.5. The van der Waals surface area contributed by atoms with E-state index in [4.69, 9.17) is 9.97 Å². The van der Waals surface area contributed by atoms with Gasteiger partial charge in [0.15, 0.2) is 5.82 Å². The average Bonchev–Trinajstić information content (AvgIpc) is 3.94. The van der Waals surface area contributed by atoms with Crippen molar-refractivity contribution in [2.24, 2.45) is 0 Å². The molecule has 12 rings (SSSR count). The van der Waals surface area contributed by atoms with Crippen LogP contribution in [0.15, 0.2) is 194 Å². The molecule has 0 aliphatic heterocycles. The van der Waals surface area contributed by atoms with Crippen molar-refractivity contribution in [1.82, 2.24) is 19.1 Å². The fraction of sp³-hybridized carbons (Fsp3) is 0. The van der Waals surface area contributed by atoms with Crippen LogP contribution in [0.5, 0.6) is 0 Å². The van der Waals surface area contributed by atoms with Crippen LogP contribution in [0.4, 0.5) is 0 Å². The molecule has 0 spiro atoms. The Morgan fingerprint density at radius 3 is 1.67 bits per heavy atom. The van der Waals surface area contributed by atoms with E-state index in [1.807, 2.05) is 11.3 Å². The molecule has 4 aromatic heterocycles. The number of hydrogen-bond acceptors (Lipinski definition) is 3. The van der Waals surface area contributed by atoms with Crippen LogP contribution in [-0.4, -0.2) is 19.1 Å². The zero-order valence-corrected chi connectivity index (χ0v) is 31.5. The van der Waals surface area contributed by atoms with E-state index in [1.54, 1.807) is 0 Å². The Kier molecular flexibility index (Phi) is 7.06. The number of benzene rings is 8. The molecule has 0 atom stereocenters. The molecule has 0 bridgehead atoms. The van der Waals surface area contributed by atoms with Gasteiger partial charge in [-0.3, -0.25) is 0 Å². The Bertz CT molecular complexity index is 3510. The lowest BCUT2D eigenvalue weighted by atomic mass is 10.0. The number of thiophene rings is 1. The van der Waals surface area contributed by atoms with Gasteiger partial charge in [0.05, 0.1) is 27.8 Å². The first-order chi connectivity index (χ1) is 28.3. The lowest BCUT2D eigenvalue weighted by molar-refractivity contribution is 1.15. The molecule has 0 N–H and O–H groups in total. The molecule has 266 valence electrons. The molecule has 5 heteroatoms. The minimum atomic E-state index is 0.698. The largest absolute Gasteiger partial charge is 0.309 e. The number of hydrogen-bond donors (Lipinski definition) is 0. The number of fused-ring (bicyclic) bond motifs is 9. The van der Waals surface area contributed by atoms with E-state index in [-0.39, 0.29) is 0 Å². The van der Waals surface area contributed by atoms with Crippen molar-refractivity contribution >= 4 is 75.3 Å². The van der Waals surface area contributed by atoms with Crippen LogP contribution in [-0.2, 0) is 0 Å². The van der Waals surface area contributed by atoms with E-state index in [0.29, 0.717) is 5.82 Å². The second kappa shape index (κ2) is 12.6. The van der Waals surface area contributed by atoms with Gasteiger partial charge in [0.2, 0.25) is 0 Å². The normalized spacial score (nSPS) is 11.9. The minimum absolute atomic E-state index is 0.698. The van der Waals surface area contributed by atoms with Crippen LogP contribution in [0.2, 0.25) is 0 Å². The topological polar surface area (TPSA) is 35.6 Å². The zero-order valence-electron chi connectivity index (χ0n) is 30.7. The van der Waals surface area contributed by atoms with E-state index < -0.39 is 0 Å². The van der Waals surface area contributed by atoms with Gasteiger partial charge in [-0.1, -0.05) is 115 Å². The highest BCUT2D eigenvalue weighted by Crippen LogP contribution is 2.42. The predicted molar refractivity (Wildman–Crippen MR) is 240 cm³/mol. The van der Waals surface area contributed by atoms with Gasteiger partial charge in [0, 0.05) is 58.8 Å². The molecule has 4 nitrogen and oxygen atoms in total. The summed E-state index contributed by atoms with van der Waals surface area (Å²) in [5, 5.41) is 6.05. The smallest absolute Gasteiger partial charge is 0.160 e. The van der Waals surface area contributed by atoms with E-state index >= 15 is 0 Å². The summed E-state index contributed by atoms with van der Waals surface area (Å²) in [6, 6.07) is 69.5. The first-order valence-corrected chi connectivity index (χ1v) is 20.1. The molecule has 0 unspecified atom stereocenters. The summed E-state index contributed by atoms with van der Waals surface area (Å²) in [4.78, 5) is 11.0. The van der Waals surface area contributed by atoms with Crippen LogP contribution in [0.1, 0.15) is 0 Å². The molecular formula is C52H32N4S. The van der Waals surface area contributed by atoms with Gasteiger partial charge >= 0.3 is 0 Å². The van der Waals surface area contributed by atoms with Crippen LogP contribution >= 0.6 is 11.3 Å². The summed E-state index contributed by atoms with van der Waals surface area (Å²) in [5.74, 6) is 0.698. The zero-order chi connectivity index (χ0) is 37.5. The fourth-order valence-corrected chi connectivity index (χ4v) is 9.81. The Hall–Kier alpha value is -7.34. The van der Waals surface area contributed by atoms with Gasteiger partial charge in [-0.05, 0) is 90.0 Å². The maximum atomic E-state index is 5.54. The molecule has 8 aromatic carbocycles. The molecule has 0 radical (unpaired) electrons. The van der Waals surface area contributed by atoms with E-state index in [2.05, 4.69) is 203 Å². The third kappa shape index (κ3) is 4.99. The van der Waals surface area contributed by atoms with Crippen molar-refractivity contribution in [3.05, 3.63) is 194 Å². The SMILES string of the molecule is c1ccc(-c2nc(-c3ccc4c(c3)c3ccccc3n4-c3ccccc3)nc3c4cc(-c5ccc6sc7ccccc7c6c5)ccc4n(-c4ccccc4)c23)cc1. The number of rotatable bonds is 5. The Morgan fingerprint density at radius 2 is 0.895 bits per heavy atom. The summed E-state index contributed by atoms with van der Waals surface area (Å²) in [6.45, 7) is 0. The maximum Gasteiger partial charge on any atom is 0.160 e. The van der Waals surface area contributed by atoms with Gasteiger partial charge in [-0.15, -0.1) is 11.3 Å². The van der Waals surface area contributed by atoms with E-state index in [9.17, 15) is 0 Å². The molecule has 0 fully saturated rings. The lowest BCUT2D eigenvalue weighted by Crippen LogP contribution is -1.99. The van der Waals surface area contributed by atoms with Crippen molar-refractivity contribution in [3.8, 4) is 45.1 Å². The first kappa shape index (κ1) is 32.0. The standard InChI is InChI=1S/C52H32N4S/c1-4-14-33(15-5-1)49-51-50(54-52(53-49)36-25-28-45-41(32-36)39-20-10-12-22-44(39)55(45)37-16-6-2-7-17-37)43-31-34(24-27-46(43)56(51)38-18-8-3-9-19-38)35-26-29-48-42(30-35)40-21-11-13-23-47(40)57-48/h1-32H. The van der Waals surface area contributed by atoms with Crippen molar-refractivity contribution in [2.45, 2.75) is 0 Å². The fourth-order valence-electron chi connectivity index (χ4n) is 8.72. The maximum absolute atomic E-state index is 5.54. The molecule has 0 aliphatic carbocycles. The number of nitrogens with zero attached hydrogens (tertiary/aromatic N) is 4. The predicted octanol–water partition coefficient (Wildman–Crippen LogP) is 14.0. The highest BCUT2D eigenvalue weighted by molar-refractivity contribution is 7.25. The Morgan fingerprint density at radius 1 is 0.351 bits per heavy atom. The van der Waals surface area contributed by atoms with E-state index in [1.165, 1.54) is 42.0 Å². The summed E-state index contributed by atoms with van der Waals surface area (Å²) in [5.41, 5.74) is 12.8. The molecule has 0 saturated carbocycles. The van der Waals surface area contributed by atoms with Crippen LogP contribution < -0.4 is 0 Å². The minimum Gasteiger partial charge on any atom is -0.309 e. The number of aromatic nitrogens is 4. The van der Waals surface area contributed by atoms with Crippen LogP contribution in [0.25, 0.3) is 109 Å². The summed E-state index contributed by atoms with van der Waals surface area (Å²) in [7, 11) is 0. The van der Waals surface area contributed by atoms with Gasteiger partial charge < -0.3 is 9.13 Å². The second-order valence-corrected chi connectivity index (χ2v) is 15.7. The van der Waals surface area contributed by atoms with Gasteiger partial charge in [0.1, 0.15) is 5.52 Å². The summed E-state index contributed by atoms with van der Waals surface area (Å²) >= 11 is 1.85. The van der Waals surface area contributed by atoms with Gasteiger partial charge in [0.25, 0.3) is 0 Å². The highest BCUT2D eigenvalue weighted by atomic mass is 32.1. The van der Waals surface area contributed by atoms with Crippen molar-refractivity contribution in [3.63, 3.8) is 0 Å².